The smallest absolute Gasteiger partial charge is 0.162 e. The molecule has 3 saturated carbocycles. The average Bonchev–Trinajstić information content (AvgIpc) is 2.43. The van der Waals surface area contributed by atoms with Crippen LogP contribution in [0.3, 0.4) is 0 Å². The van der Waals surface area contributed by atoms with Crippen molar-refractivity contribution >= 4 is 0 Å². The standard InChI is InChI=1S/C17H27F3/c1-10-2-3-12-7-13(5-4-11(12)6-10)14-8-15(18)17(20)16(19)9-14/h10-17H,2-9H2,1H3. The van der Waals surface area contributed by atoms with Crippen molar-refractivity contribution in [1.29, 1.82) is 0 Å². The minimum Gasteiger partial charge on any atom is -0.244 e. The van der Waals surface area contributed by atoms with Crippen molar-refractivity contribution in [2.75, 3.05) is 0 Å². The SMILES string of the molecule is CC1CCC2CC(C3CC(F)C(F)C(F)C3)CCC2C1. The number of halogens is 3. The number of rotatable bonds is 1. The van der Waals surface area contributed by atoms with Crippen molar-refractivity contribution < 1.29 is 13.2 Å². The molecule has 6 atom stereocenters. The van der Waals surface area contributed by atoms with Crippen LogP contribution in [0.15, 0.2) is 0 Å². The summed E-state index contributed by atoms with van der Waals surface area (Å²) in [6, 6.07) is 0. The molecule has 0 heterocycles. The molecule has 0 nitrogen and oxygen atoms in total. The van der Waals surface area contributed by atoms with E-state index in [1.807, 2.05) is 0 Å². The van der Waals surface area contributed by atoms with E-state index in [2.05, 4.69) is 6.92 Å². The third-order valence-corrected chi connectivity index (χ3v) is 6.33. The molecule has 0 aliphatic heterocycles. The summed E-state index contributed by atoms with van der Waals surface area (Å²) in [7, 11) is 0. The van der Waals surface area contributed by atoms with Gasteiger partial charge in [0.2, 0.25) is 0 Å². The molecular weight excluding hydrogens is 261 g/mol. The van der Waals surface area contributed by atoms with Crippen LogP contribution in [0.5, 0.6) is 0 Å². The highest BCUT2D eigenvalue weighted by molar-refractivity contribution is 4.93. The second-order valence-corrected chi connectivity index (χ2v) is 7.72. The summed E-state index contributed by atoms with van der Waals surface area (Å²) in [5.74, 6) is 2.97. The lowest BCUT2D eigenvalue weighted by Crippen LogP contribution is -2.41. The first-order chi connectivity index (χ1) is 9.54. The van der Waals surface area contributed by atoms with Gasteiger partial charge in [-0.15, -0.1) is 0 Å². The Labute approximate surface area is 120 Å². The van der Waals surface area contributed by atoms with Gasteiger partial charge >= 0.3 is 0 Å². The zero-order chi connectivity index (χ0) is 14.3. The molecule has 20 heavy (non-hydrogen) atoms. The van der Waals surface area contributed by atoms with Crippen LogP contribution in [0, 0.1) is 29.6 Å². The Morgan fingerprint density at radius 1 is 0.600 bits per heavy atom. The second-order valence-electron chi connectivity index (χ2n) is 7.72. The second kappa shape index (κ2) is 5.88. The van der Waals surface area contributed by atoms with Gasteiger partial charge in [0.15, 0.2) is 6.17 Å². The summed E-state index contributed by atoms with van der Waals surface area (Å²) in [6.07, 6.45) is 2.88. The first-order valence-electron chi connectivity index (χ1n) is 8.46. The zero-order valence-corrected chi connectivity index (χ0v) is 12.4. The van der Waals surface area contributed by atoms with Crippen molar-refractivity contribution in [1.82, 2.24) is 0 Å². The molecule has 0 amide bonds. The van der Waals surface area contributed by atoms with Gasteiger partial charge in [-0.25, -0.2) is 13.2 Å². The van der Waals surface area contributed by atoms with Gasteiger partial charge in [0.05, 0.1) is 0 Å². The Hall–Kier alpha value is -0.210. The summed E-state index contributed by atoms with van der Waals surface area (Å²) in [6.45, 7) is 2.34. The lowest BCUT2D eigenvalue weighted by atomic mass is 9.61. The van der Waals surface area contributed by atoms with E-state index >= 15 is 0 Å². The molecule has 3 rings (SSSR count). The van der Waals surface area contributed by atoms with Gasteiger partial charge in [-0.2, -0.15) is 0 Å². The van der Waals surface area contributed by atoms with E-state index in [1.165, 1.54) is 25.7 Å². The van der Waals surface area contributed by atoms with E-state index in [4.69, 9.17) is 0 Å². The molecule has 0 radical (unpaired) electrons. The minimum absolute atomic E-state index is 0.0762. The van der Waals surface area contributed by atoms with Gasteiger partial charge in [-0.1, -0.05) is 13.3 Å². The van der Waals surface area contributed by atoms with E-state index < -0.39 is 18.5 Å². The molecule has 0 aromatic heterocycles. The van der Waals surface area contributed by atoms with Crippen LogP contribution >= 0.6 is 0 Å². The van der Waals surface area contributed by atoms with Gasteiger partial charge in [-0.05, 0) is 74.5 Å². The third kappa shape index (κ3) is 2.87. The molecule has 0 N–H and O–H groups in total. The van der Waals surface area contributed by atoms with Crippen LogP contribution in [0.25, 0.3) is 0 Å². The summed E-state index contributed by atoms with van der Waals surface area (Å²) < 4.78 is 40.5. The zero-order valence-electron chi connectivity index (χ0n) is 12.4. The van der Waals surface area contributed by atoms with Gasteiger partial charge in [0.1, 0.15) is 12.3 Å². The molecule has 6 unspecified atom stereocenters. The third-order valence-electron chi connectivity index (χ3n) is 6.33. The molecule has 3 aliphatic carbocycles. The molecule has 0 spiro atoms. The maximum absolute atomic E-state index is 13.6. The Balaban J connectivity index is 1.59. The van der Waals surface area contributed by atoms with Crippen molar-refractivity contribution in [2.24, 2.45) is 29.6 Å². The van der Waals surface area contributed by atoms with Crippen molar-refractivity contribution in [3.05, 3.63) is 0 Å². The predicted molar refractivity (Wildman–Crippen MR) is 74.7 cm³/mol. The molecule has 0 bridgehead atoms. The predicted octanol–water partition coefficient (Wildman–Crippen LogP) is 5.26. The monoisotopic (exact) mass is 288 g/mol. The number of fused-ring (bicyclic) bond motifs is 1. The normalized spacial score (nSPS) is 53.4. The number of alkyl halides is 3. The minimum atomic E-state index is -1.88. The van der Waals surface area contributed by atoms with Gasteiger partial charge in [0.25, 0.3) is 0 Å². The topological polar surface area (TPSA) is 0 Å². The van der Waals surface area contributed by atoms with E-state index in [0.29, 0.717) is 5.92 Å². The van der Waals surface area contributed by atoms with Gasteiger partial charge < -0.3 is 0 Å². The van der Waals surface area contributed by atoms with E-state index in [1.54, 1.807) is 0 Å². The molecule has 0 aromatic carbocycles. The summed E-state index contributed by atoms with van der Waals surface area (Å²) >= 11 is 0. The van der Waals surface area contributed by atoms with Crippen LogP contribution in [0.4, 0.5) is 13.2 Å². The first kappa shape index (κ1) is 14.7. The fraction of sp³-hybridized carbons (Fsp3) is 1.00. The lowest BCUT2D eigenvalue weighted by molar-refractivity contribution is -0.0156. The summed E-state index contributed by atoms with van der Waals surface area (Å²) in [5, 5.41) is 0. The van der Waals surface area contributed by atoms with Crippen LogP contribution in [0.1, 0.15) is 58.3 Å². The number of hydrogen-bond donors (Lipinski definition) is 0. The molecule has 0 saturated heterocycles. The van der Waals surface area contributed by atoms with E-state index in [0.717, 1.165) is 30.6 Å². The molecular formula is C17H27F3. The van der Waals surface area contributed by atoms with Crippen molar-refractivity contribution in [3.8, 4) is 0 Å². The Morgan fingerprint density at radius 2 is 1.10 bits per heavy atom. The van der Waals surface area contributed by atoms with Gasteiger partial charge in [-0.3, -0.25) is 0 Å². The Bertz CT molecular complexity index is 320. The molecule has 3 aliphatic rings. The average molecular weight is 288 g/mol. The summed E-state index contributed by atoms with van der Waals surface area (Å²) in [4.78, 5) is 0. The molecule has 116 valence electrons. The Kier molecular flexibility index (Phi) is 4.33. The number of hydrogen-bond acceptors (Lipinski definition) is 0. The van der Waals surface area contributed by atoms with Crippen molar-refractivity contribution in [2.45, 2.75) is 76.8 Å². The highest BCUT2D eigenvalue weighted by Gasteiger charge is 2.44. The highest BCUT2D eigenvalue weighted by atomic mass is 19.2. The van der Waals surface area contributed by atoms with Crippen LogP contribution < -0.4 is 0 Å². The van der Waals surface area contributed by atoms with E-state index in [9.17, 15) is 13.2 Å². The fourth-order valence-electron chi connectivity index (χ4n) is 5.13. The fourth-order valence-corrected chi connectivity index (χ4v) is 5.13. The molecule has 0 aromatic rings. The molecule has 3 heteroatoms. The molecule has 3 fully saturated rings. The van der Waals surface area contributed by atoms with Crippen LogP contribution in [-0.4, -0.2) is 18.5 Å². The first-order valence-corrected chi connectivity index (χ1v) is 8.46. The van der Waals surface area contributed by atoms with E-state index in [-0.39, 0.29) is 18.8 Å². The lowest BCUT2D eigenvalue weighted by Gasteiger charge is -2.45. The van der Waals surface area contributed by atoms with Crippen molar-refractivity contribution in [3.63, 3.8) is 0 Å². The maximum Gasteiger partial charge on any atom is 0.162 e. The Morgan fingerprint density at radius 3 is 1.75 bits per heavy atom. The van der Waals surface area contributed by atoms with Crippen LogP contribution in [0.2, 0.25) is 0 Å². The largest absolute Gasteiger partial charge is 0.244 e. The highest BCUT2D eigenvalue weighted by Crippen LogP contribution is 2.49. The summed E-state index contributed by atoms with van der Waals surface area (Å²) in [5.41, 5.74) is 0. The van der Waals surface area contributed by atoms with Crippen LogP contribution in [-0.2, 0) is 0 Å². The quantitative estimate of drug-likeness (QED) is 0.617. The van der Waals surface area contributed by atoms with Gasteiger partial charge in [0, 0.05) is 0 Å². The maximum atomic E-state index is 13.6.